The highest BCUT2D eigenvalue weighted by molar-refractivity contribution is 5.91. The largest absolute Gasteiger partial charge is 0.391 e. The van der Waals surface area contributed by atoms with Crippen LogP contribution in [0.4, 0.5) is 0 Å². The summed E-state index contributed by atoms with van der Waals surface area (Å²) in [6.45, 7) is 3.66. The maximum absolute atomic E-state index is 12.0. The van der Waals surface area contributed by atoms with E-state index in [1.165, 1.54) is 6.92 Å². The van der Waals surface area contributed by atoms with Gasteiger partial charge in [-0.2, -0.15) is 0 Å². The van der Waals surface area contributed by atoms with Gasteiger partial charge in [-0.05, 0) is 26.7 Å². The second-order valence-corrected chi connectivity index (χ2v) is 6.46. The summed E-state index contributed by atoms with van der Waals surface area (Å²) in [5.41, 5.74) is 5.21. The fourth-order valence-corrected chi connectivity index (χ4v) is 2.63. The fraction of sp³-hybridized carbons (Fsp3) is 0.750. The zero-order valence-corrected chi connectivity index (χ0v) is 15.3. The van der Waals surface area contributed by atoms with Crippen LogP contribution in [0.2, 0.25) is 0 Å². The number of amides is 4. The quantitative estimate of drug-likeness (QED) is 0.300. The van der Waals surface area contributed by atoms with E-state index >= 15 is 0 Å². The lowest BCUT2D eigenvalue weighted by atomic mass is 10.2. The Balaban J connectivity index is 2.25. The molecule has 0 saturated carbocycles. The first-order chi connectivity index (χ1) is 12.2. The summed E-state index contributed by atoms with van der Waals surface area (Å²) in [5, 5.41) is 16.5. The standard InChI is InChI=1S/C16H29N5O5/c1-10-4-3-5-21(10)15(25)9-18-14(24)8-19-16(26)11(2)20-13(23)6-12(22)7-17/h10-12,22H,3-9,17H2,1-2H3,(H,18,24)(H,19,26)(H,20,23). The first-order valence-electron chi connectivity index (χ1n) is 8.76. The number of aliphatic hydroxyl groups is 1. The molecule has 0 aliphatic carbocycles. The molecule has 0 aromatic carbocycles. The molecule has 26 heavy (non-hydrogen) atoms. The Morgan fingerprint density at radius 2 is 1.88 bits per heavy atom. The van der Waals surface area contributed by atoms with Crippen molar-refractivity contribution in [3.63, 3.8) is 0 Å². The van der Waals surface area contributed by atoms with Crippen molar-refractivity contribution in [2.45, 2.75) is 51.3 Å². The molecular weight excluding hydrogens is 342 g/mol. The molecule has 1 aliphatic rings. The molecular formula is C16H29N5O5. The van der Waals surface area contributed by atoms with Crippen LogP contribution < -0.4 is 21.7 Å². The Bertz CT molecular complexity index is 527. The summed E-state index contributed by atoms with van der Waals surface area (Å²) in [5.74, 6) is -1.69. The summed E-state index contributed by atoms with van der Waals surface area (Å²) in [4.78, 5) is 48.9. The number of carbonyl (C=O) groups is 4. The minimum atomic E-state index is -0.966. The van der Waals surface area contributed by atoms with E-state index in [-0.39, 0.29) is 38.0 Å². The van der Waals surface area contributed by atoms with Crippen LogP contribution in [-0.4, -0.2) is 78.0 Å². The highest BCUT2D eigenvalue weighted by Gasteiger charge is 2.25. The maximum Gasteiger partial charge on any atom is 0.242 e. The smallest absolute Gasteiger partial charge is 0.242 e. The van der Waals surface area contributed by atoms with Gasteiger partial charge in [-0.15, -0.1) is 0 Å². The molecule has 0 bridgehead atoms. The lowest BCUT2D eigenvalue weighted by molar-refractivity contribution is -0.133. The molecule has 1 saturated heterocycles. The van der Waals surface area contributed by atoms with Crippen LogP contribution in [-0.2, 0) is 19.2 Å². The zero-order valence-electron chi connectivity index (χ0n) is 15.3. The van der Waals surface area contributed by atoms with Gasteiger partial charge < -0.3 is 31.7 Å². The highest BCUT2D eigenvalue weighted by atomic mass is 16.3. The Morgan fingerprint density at radius 1 is 1.19 bits per heavy atom. The van der Waals surface area contributed by atoms with Crippen LogP contribution in [0.15, 0.2) is 0 Å². The predicted octanol–water partition coefficient (Wildman–Crippen LogP) is -2.56. The highest BCUT2D eigenvalue weighted by Crippen LogP contribution is 2.15. The van der Waals surface area contributed by atoms with Gasteiger partial charge in [0.05, 0.1) is 25.6 Å². The van der Waals surface area contributed by atoms with Crippen molar-refractivity contribution in [2.75, 3.05) is 26.2 Å². The van der Waals surface area contributed by atoms with E-state index < -0.39 is 29.9 Å². The summed E-state index contributed by atoms with van der Waals surface area (Å²) in [6.07, 6.45) is 0.753. The van der Waals surface area contributed by atoms with Crippen molar-refractivity contribution in [3.05, 3.63) is 0 Å². The molecule has 1 fully saturated rings. The van der Waals surface area contributed by atoms with Gasteiger partial charge in [0.25, 0.3) is 0 Å². The number of likely N-dealkylation sites (tertiary alicyclic amines) is 1. The van der Waals surface area contributed by atoms with Gasteiger partial charge in [-0.3, -0.25) is 19.2 Å². The normalized spacial score (nSPS) is 18.8. The Kier molecular flexibility index (Phi) is 9.00. The monoisotopic (exact) mass is 371 g/mol. The van der Waals surface area contributed by atoms with E-state index in [4.69, 9.17) is 5.73 Å². The maximum atomic E-state index is 12.0. The van der Waals surface area contributed by atoms with Crippen LogP contribution in [0.5, 0.6) is 0 Å². The second kappa shape index (κ2) is 10.7. The average Bonchev–Trinajstić information content (AvgIpc) is 3.03. The van der Waals surface area contributed by atoms with E-state index in [9.17, 15) is 24.3 Å². The molecule has 3 unspecified atom stereocenters. The van der Waals surface area contributed by atoms with Crippen molar-refractivity contribution < 1.29 is 24.3 Å². The minimum absolute atomic E-state index is 0.0525. The first-order valence-corrected chi connectivity index (χ1v) is 8.76. The minimum Gasteiger partial charge on any atom is -0.391 e. The van der Waals surface area contributed by atoms with Gasteiger partial charge in [0.2, 0.25) is 23.6 Å². The number of hydrogen-bond acceptors (Lipinski definition) is 6. The second-order valence-electron chi connectivity index (χ2n) is 6.46. The van der Waals surface area contributed by atoms with Gasteiger partial charge in [-0.1, -0.05) is 0 Å². The summed E-state index contributed by atoms with van der Waals surface area (Å²) in [6, 6.07) is -0.686. The lowest BCUT2D eigenvalue weighted by Crippen LogP contribution is -2.49. The molecule has 10 heteroatoms. The Labute approximate surface area is 152 Å². The molecule has 1 aliphatic heterocycles. The molecule has 0 aromatic heterocycles. The number of nitrogens with zero attached hydrogens (tertiary/aromatic N) is 1. The Hall–Kier alpha value is -2.20. The molecule has 4 amide bonds. The van der Waals surface area contributed by atoms with Crippen LogP contribution >= 0.6 is 0 Å². The fourth-order valence-electron chi connectivity index (χ4n) is 2.63. The number of aliphatic hydroxyl groups excluding tert-OH is 1. The van der Waals surface area contributed by atoms with Crippen molar-refractivity contribution in [2.24, 2.45) is 5.73 Å². The van der Waals surface area contributed by atoms with E-state index in [2.05, 4.69) is 16.0 Å². The number of hydrogen-bond donors (Lipinski definition) is 5. The van der Waals surface area contributed by atoms with E-state index in [0.29, 0.717) is 6.54 Å². The van der Waals surface area contributed by atoms with E-state index in [1.54, 1.807) is 4.90 Å². The van der Waals surface area contributed by atoms with Crippen molar-refractivity contribution in [3.8, 4) is 0 Å². The average molecular weight is 371 g/mol. The molecule has 10 nitrogen and oxygen atoms in total. The predicted molar refractivity (Wildman–Crippen MR) is 93.7 cm³/mol. The van der Waals surface area contributed by atoms with Crippen molar-refractivity contribution in [1.82, 2.24) is 20.9 Å². The first kappa shape index (κ1) is 21.8. The van der Waals surface area contributed by atoms with E-state index in [1.807, 2.05) is 6.92 Å². The topological polar surface area (TPSA) is 154 Å². The van der Waals surface area contributed by atoms with Crippen LogP contribution in [0.25, 0.3) is 0 Å². The van der Waals surface area contributed by atoms with Crippen molar-refractivity contribution in [1.29, 1.82) is 0 Å². The van der Waals surface area contributed by atoms with Crippen LogP contribution in [0.1, 0.15) is 33.1 Å². The van der Waals surface area contributed by atoms with Gasteiger partial charge in [0.1, 0.15) is 6.04 Å². The number of carbonyl (C=O) groups excluding carboxylic acids is 4. The van der Waals surface area contributed by atoms with Gasteiger partial charge in [0.15, 0.2) is 0 Å². The summed E-state index contributed by atoms with van der Waals surface area (Å²) in [7, 11) is 0. The molecule has 3 atom stereocenters. The third-order valence-corrected chi connectivity index (χ3v) is 4.20. The van der Waals surface area contributed by atoms with Gasteiger partial charge >= 0.3 is 0 Å². The number of nitrogens with one attached hydrogen (secondary N) is 3. The zero-order chi connectivity index (χ0) is 19.7. The summed E-state index contributed by atoms with van der Waals surface area (Å²) < 4.78 is 0. The van der Waals surface area contributed by atoms with Crippen LogP contribution in [0, 0.1) is 0 Å². The van der Waals surface area contributed by atoms with Crippen LogP contribution in [0.3, 0.4) is 0 Å². The molecule has 0 spiro atoms. The Morgan fingerprint density at radius 3 is 2.46 bits per heavy atom. The molecule has 148 valence electrons. The molecule has 1 heterocycles. The third kappa shape index (κ3) is 7.36. The number of rotatable bonds is 9. The third-order valence-electron chi connectivity index (χ3n) is 4.20. The summed E-state index contributed by atoms with van der Waals surface area (Å²) >= 11 is 0. The SMILES string of the molecule is CC(NC(=O)CC(O)CN)C(=O)NCC(=O)NCC(=O)N1CCCC1C. The molecule has 1 rings (SSSR count). The van der Waals surface area contributed by atoms with Crippen molar-refractivity contribution >= 4 is 23.6 Å². The number of nitrogens with two attached hydrogens (primary N) is 1. The van der Waals surface area contributed by atoms with Gasteiger partial charge in [0, 0.05) is 19.1 Å². The van der Waals surface area contributed by atoms with E-state index in [0.717, 1.165) is 12.8 Å². The lowest BCUT2D eigenvalue weighted by Gasteiger charge is -2.21. The molecule has 0 radical (unpaired) electrons. The molecule has 6 N–H and O–H groups in total. The molecule has 0 aromatic rings. The van der Waals surface area contributed by atoms with Gasteiger partial charge in [-0.25, -0.2) is 0 Å².